The van der Waals surface area contributed by atoms with E-state index in [2.05, 4.69) is 40.1 Å². The number of fused-ring (bicyclic) bond motifs is 1. The minimum absolute atomic E-state index is 0.119. The molecule has 0 fully saturated rings. The summed E-state index contributed by atoms with van der Waals surface area (Å²) >= 11 is 0. The Morgan fingerprint density at radius 2 is 1.29 bits per heavy atom. The Kier molecular flexibility index (Phi) is 5.95. The summed E-state index contributed by atoms with van der Waals surface area (Å²) in [5.41, 5.74) is 0. The Bertz CT molecular complexity index is 738. The quantitative estimate of drug-likeness (QED) is 0.776. The molecule has 0 bridgehead atoms. The van der Waals surface area contributed by atoms with Crippen molar-refractivity contribution in [2.24, 2.45) is 20.5 Å². The summed E-state index contributed by atoms with van der Waals surface area (Å²) in [5, 5.41) is 23.0. The second-order valence-electron chi connectivity index (χ2n) is 4.19. The minimum Gasteiger partial charge on any atom is -0.447 e. The van der Waals surface area contributed by atoms with Crippen LogP contribution in [0.3, 0.4) is 0 Å². The Hall–Kier alpha value is -3.30. The average Bonchev–Trinajstić information content (AvgIpc) is 2.59. The maximum absolute atomic E-state index is 11.2. The number of rotatable bonds is 4. The zero-order valence-electron chi connectivity index (χ0n) is 13.0. The van der Waals surface area contributed by atoms with Gasteiger partial charge in [0.2, 0.25) is 11.6 Å². The molecule has 1 aromatic carbocycles. The van der Waals surface area contributed by atoms with E-state index in [1.165, 1.54) is 0 Å². The maximum Gasteiger partial charge on any atom is 0.452 e. The lowest BCUT2D eigenvalue weighted by Crippen LogP contribution is -1.96. The molecule has 0 radical (unpaired) electrons. The van der Waals surface area contributed by atoms with Gasteiger partial charge in [-0.2, -0.15) is 0 Å². The van der Waals surface area contributed by atoms with Gasteiger partial charge in [0.05, 0.1) is 13.2 Å². The monoisotopic (exact) mass is 330 g/mol. The number of ether oxygens (including phenoxy) is 2. The van der Waals surface area contributed by atoms with Gasteiger partial charge in [-0.3, -0.25) is 0 Å². The topological polar surface area (TPSA) is 128 Å². The molecule has 10 nitrogen and oxygen atoms in total. The van der Waals surface area contributed by atoms with Crippen LogP contribution in [0.5, 0.6) is 0 Å². The smallest absolute Gasteiger partial charge is 0.447 e. The summed E-state index contributed by atoms with van der Waals surface area (Å²) in [4.78, 5) is 22.5. The number of aromatic nitrogens is 2. The summed E-state index contributed by atoms with van der Waals surface area (Å²) in [6.07, 6.45) is -1.65. The number of carbonyl (C=O) groups excluding carboxylic acids is 2. The molecule has 124 valence electrons. The van der Waals surface area contributed by atoms with Crippen molar-refractivity contribution in [3.8, 4) is 0 Å². The van der Waals surface area contributed by atoms with Crippen LogP contribution in [0.25, 0.3) is 10.8 Å². The maximum atomic E-state index is 11.2. The van der Waals surface area contributed by atoms with Crippen LogP contribution in [0.15, 0.2) is 44.7 Å². The molecule has 1 heterocycles. The normalized spacial score (nSPS) is 11.2. The standard InChI is InChI=1S/C14H14N6O4/c1-3-23-13(21)19-17-11-9-7-5-6-8-10(9)12(16-15-11)18-20-14(22)24-4-2/h5-8H,3-4H2,1-2H3. The van der Waals surface area contributed by atoms with Crippen molar-refractivity contribution in [2.75, 3.05) is 13.2 Å². The van der Waals surface area contributed by atoms with Crippen molar-refractivity contribution < 1.29 is 19.1 Å². The highest BCUT2D eigenvalue weighted by Gasteiger charge is 2.10. The van der Waals surface area contributed by atoms with Gasteiger partial charge >= 0.3 is 12.2 Å². The lowest BCUT2D eigenvalue weighted by atomic mass is 10.2. The van der Waals surface area contributed by atoms with E-state index in [4.69, 9.17) is 0 Å². The van der Waals surface area contributed by atoms with Crippen LogP contribution in [-0.4, -0.2) is 35.6 Å². The molecular formula is C14H14N6O4. The fourth-order valence-corrected chi connectivity index (χ4v) is 1.70. The van der Waals surface area contributed by atoms with Crippen molar-refractivity contribution in [3.05, 3.63) is 24.3 Å². The summed E-state index contributed by atoms with van der Waals surface area (Å²) in [6, 6.07) is 6.90. The second-order valence-corrected chi connectivity index (χ2v) is 4.19. The zero-order valence-corrected chi connectivity index (χ0v) is 13.0. The van der Waals surface area contributed by atoms with E-state index in [9.17, 15) is 9.59 Å². The number of carbonyl (C=O) groups is 2. The molecule has 0 saturated heterocycles. The molecule has 2 rings (SSSR count). The lowest BCUT2D eigenvalue weighted by Gasteiger charge is -2.01. The van der Waals surface area contributed by atoms with Crippen LogP contribution < -0.4 is 0 Å². The fraction of sp³-hybridized carbons (Fsp3) is 0.286. The molecule has 2 amide bonds. The third-order valence-electron chi connectivity index (χ3n) is 2.64. The lowest BCUT2D eigenvalue weighted by molar-refractivity contribution is 0.161. The van der Waals surface area contributed by atoms with Gasteiger partial charge in [-0.25, -0.2) is 9.59 Å². The highest BCUT2D eigenvalue weighted by molar-refractivity contribution is 5.96. The van der Waals surface area contributed by atoms with Crippen LogP contribution in [-0.2, 0) is 9.47 Å². The third-order valence-corrected chi connectivity index (χ3v) is 2.64. The van der Waals surface area contributed by atoms with Crippen LogP contribution in [0.2, 0.25) is 0 Å². The predicted molar refractivity (Wildman–Crippen MR) is 82.6 cm³/mol. The molecule has 0 aliphatic carbocycles. The van der Waals surface area contributed by atoms with Crippen molar-refractivity contribution in [2.45, 2.75) is 13.8 Å². The highest BCUT2D eigenvalue weighted by Crippen LogP contribution is 2.29. The fourth-order valence-electron chi connectivity index (χ4n) is 1.70. The predicted octanol–water partition coefficient (Wildman–Crippen LogP) is 4.11. The first-order valence-electron chi connectivity index (χ1n) is 7.08. The van der Waals surface area contributed by atoms with E-state index in [0.29, 0.717) is 10.8 Å². The number of hydrogen-bond acceptors (Lipinski definition) is 8. The van der Waals surface area contributed by atoms with Gasteiger partial charge in [-0.15, -0.1) is 20.4 Å². The molecular weight excluding hydrogens is 316 g/mol. The summed E-state index contributed by atoms with van der Waals surface area (Å²) in [6.45, 7) is 3.70. The SMILES string of the molecule is CCOC(=O)N=Nc1nnc(N=NC(=O)OCC)c2ccccc12. The van der Waals surface area contributed by atoms with E-state index in [1.807, 2.05) is 0 Å². The molecule has 2 aromatic rings. The number of hydrogen-bond donors (Lipinski definition) is 0. The van der Waals surface area contributed by atoms with Crippen LogP contribution >= 0.6 is 0 Å². The van der Waals surface area contributed by atoms with Gasteiger partial charge in [0.15, 0.2) is 0 Å². The summed E-state index contributed by atoms with van der Waals surface area (Å²) in [5.74, 6) is 0.238. The van der Waals surface area contributed by atoms with E-state index in [1.54, 1.807) is 38.1 Å². The van der Waals surface area contributed by atoms with Crippen molar-refractivity contribution >= 4 is 34.6 Å². The summed E-state index contributed by atoms with van der Waals surface area (Å²) < 4.78 is 9.31. The Labute approximate surface area is 136 Å². The third kappa shape index (κ3) is 4.35. The first-order chi connectivity index (χ1) is 11.7. The van der Waals surface area contributed by atoms with E-state index in [-0.39, 0.29) is 24.8 Å². The number of benzene rings is 1. The van der Waals surface area contributed by atoms with Crippen LogP contribution in [0.4, 0.5) is 21.2 Å². The molecule has 0 unspecified atom stereocenters. The van der Waals surface area contributed by atoms with Crippen molar-refractivity contribution in [1.82, 2.24) is 10.2 Å². The molecule has 0 spiro atoms. The zero-order chi connectivity index (χ0) is 17.4. The minimum atomic E-state index is -0.825. The van der Waals surface area contributed by atoms with Gasteiger partial charge < -0.3 is 9.47 Å². The molecule has 1 aromatic heterocycles. The number of nitrogens with zero attached hydrogens (tertiary/aromatic N) is 6. The molecule has 0 atom stereocenters. The number of azo groups is 2. The second kappa shape index (κ2) is 8.36. The number of amides is 2. The molecule has 0 N–H and O–H groups in total. The molecule has 0 aliphatic rings. The van der Waals surface area contributed by atoms with Crippen LogP contribution in [0.1, 0.15) is 13.8 Å². The van der Waals surface area contributed by atoms with E-state index >= 15 is 0 Å². The van der Waals surface area contributed by atoms with Crippen LogP contribution in [0, 0.1) is 0 Å². The van der Waals surface area contributed by atoms with Gasteiger partial charge in [0.25, 0.3) is 0 Å². The Morgan fingerprint density at radius 1 is 0.875 bits per heavy atom. The Balaban J connectivity index is 2.36. The Morgan fingerprint density at radius 3 is 1.67 bits per heavy atom. The van der Waals surface area contributed by atoms with Crippen molar-refractivity contribution in [3.63, 3.8) is 0 Å². The van der Waals surface area contributed by atoms with Crippen molar-refractivity contribution in [1.29, 1.82) is 0 Å². The highest BCUT2D eigenvalue weighted by atomic mass is 16.5. The average molecular weight is 330 g/mol. The van der Waals surface area contributed by atoms with Gasteiger partial charge in [0.1, 0.15) is 0 Å². The first kappa shape index (κ1) is 17.1. The van der Waals surface area contributed by atoms with Gasteiger partial charge in [0, 0.05) is 10.8 Å². The molecule has 10 heteroatoms. The first-order valence-corrected chi connectivity index (χ1v) is 7.08. The summed E-state index contributed by atoms with van der Waals surface area (Å²) in [7, 11) is 0. The van der Waals surface area contributed by atoms with E-state index < -0.39 is 12.2 Å². The van der Waals surface area contributed by atoms with E-state index in [0.717, 1.165) is 0 Å². The molecule has 24 heavy (non-hydrogen) atoms. The van der Waals surface area contributed by atoms with Gasteiger partial charge in [-0.1, -0.05) is 34.5 Å². The largest absolute Gasteiger partial charge is 0.452 e. The molecule has 0 aliphatic heterocycles. The van der Waals surface area contributed by atoms with Gasteiger partial charge in [-0.05, 0) is 13.8 Å². The molecule has 0 saturated carbocycles.